The van der Waals surface area contributed by atoms with Crippen molar-refractivity contribution in [3.63, 3.8) is 0 Å². The van der Waals surface area contributed by atoms with E-state index >= 15 is 0 Å². The lowest BCUT2D eigenvalue weighted by atomic mass is 9.88. The van der Waals surface area contributed by atoms with E-state index < -0.39 is 5.82 Å². The van der Waals surface area contributed by atoms with Crippen molar-refractivity contribution in [3.05, 3.63) is 41.4 Å². The minimum Gasteiger partial charge on any atom is -0.439 e. The van der Waals surface area contributed by atoms with E-state index in [9.17, 15) is 9.18 Å². The van der Waals surface area contributed by atoms with E-state index in [0.29, 0.717) is 37.2 Å². The standard InChI is InChI=1S/C22H26ClFN4O2/c1-15-13-27(9-10-28(15)22(29)16-5-3-2-4-6-16)20-12-21(26-14-25-20)30-17-7-8-19(24)18(23)11-17/h7-8,11-12,14-16H,2-6,9-10,13H2,1H3/t15-/m0/s1. The number of halogens is 2. The SMILES string of the molecule is C[C@H]1CN(c2cc(Oc3ccc(F)c(Cl)c3)ncn2)CCN1C(=O)C1CCCCC1. The van der Waals surface area contributed by atoms with Crippen molar-refractivity contribution in [2.24, 2.45) is 5.92 Å². The Balaban J connectivity index is 1.41. The van der Waals surface area contributed by atoms with Gasteiger partial charge in [-0.15, -0.1) is 0 Å². The Labute approximate surface area is 181 Å². The number of ether oxygens (including phenoxy) is 1. The molecule has 0 unspecified atom stereocenters. The molecule has 2 aliphatic rings. The first-order chi connectivity index (χ1) is 14.5. The summed E-state index contributed by atoms with van der Waals surface area (Å²) in [4.78, 5) is 25.6. The van der Waals surface area contributed by atoms with Crippen LogP contribution < -0.4 is 9.64 Å². The van der Waals surface area contributed by atoms with Crippen LogP contribution in [0.5, 0.6) is 11.6 Å². The molecule has 4 rings (SSSR count). The first kappa shape index (κ1) is 20.8. The summed E-state index contributed by atoms with van der Waals surface area (Å²) < 4.78 is 19.1. The largest absolute Gasteiger partial charge is 0.439 e. The molecule has 1 aromatic carbocycles. The normalized spacial score (nSPS) is 20.3. The van der Waals surface area contributed by atoms with E-state index in [1.807, 2.05) is 4.90 Å². The van der Waals surface area contributed by atoms with Crippen LogP contribution in [0.3, 0.4) is 0 Å². The van der Waals surface area contributed by atoms with Gasteiger partial charge in [0.2, 0.25) is 11.8 Å². The van der Waals surface area contributed by atoms with Crippen molar-refractivity contribution in [2.45, 2.75) is 45.1 Å². The molecule has 1 amide bonds. The number of rotatable bonds is 4. The number of aromatic nitrogens is 2. The molecule has 1 atom stereocenters. The van der Waals surface area contributed by atoms with Gasteiger partial charge < -0.3 is 14.5 Å². The Hall–Kier alpha value is -2.41. The fourth-order valence-electron chi connectivity index (χ4n) is 4.30. The van der Waals surface area contributed by atoms with Crippen molar-refractivity contribution in [2.75, 3.05) is 24.5 Å². The highest BCUT2D eigenvalue weighted by Crippen LogP contribution is 2.29. The number of anilines is 1. The Morgan fingerprint density at radius 3 is 2.70 bits per heavy atom. The third kappa shape index (κ3) is 4.67. The molecule has 30 heavy (non-hydrogen) atoms. The van der Waals surface area contributed by atoms with E-state index in [-0.39, 0.29) is 17.0 Å². The molecule has 2 aromatic rings. The molecule has 0 spiro atoms. The number of hydrogen-bond acceptors (Lipinski definition) is 5. The monoisotopic (exact) mass is 432 g/mol. The summed E-state index contributed by atoms with van der Waals surface area (Å²) in [5.41, 5.74) is 0. The quantitative estimate of drug-likeness (QED) is 0.702. The Bertz CT molecular complexity index is 906. The number of amides is 1. The topological polar surface area (TPSA) is 58.6 Å². The van der Waals surface area contributed by atoms with Gasteiger partial charge in [0.15, 0.2) is 0 Å². The number of hydrogen-bond donors (Lipinski definition) is 0. The second-order valence-corrected chi connectivity index (χ2v) is 8.46. The van der Waals surface area contributed by atoms with Gasteiger partial charge in [0.25, 0.3) is 0 Å². The lowest BCUT2D eigenvalue weighted by Crippen LogP contribution is -2.55. The highest BCUT2D eigenvalue weighted by Gasteiger charge is 2.32. The van der Waals surface area contributed by atoms with Crippen LogP contribution in [-0.2, 0) is 4.79 Å². The van der Waals surface area contributed by atoms with E-state index in [1.54, 1.807) is 6.07 Å². The fourth-order valence-corrected chi connectivity index (χ4v) is 4.47. The first-order valence-electron chi connectivity index (χ1n) is 10.5. The van der Waals surface area contributed by atoms with Gasteiger partial charge in [-0.3, -0.25) is 4.79 Å². The van der Waals surface area contributed by atoms with Gasteiger partial charge in [-0.05, 0) is 31.9 Å². The van der Waals surface area contributed by atoms with Crippen LogP contribution in [-0.4, -0.2) is 46.5 Å². The van der Waals surface area contributed by atoms with Gasteiger partial charge in [0.05, 0.1) is 5.02 Å². The first-order valence-corrected chi connectivity index (χ1v) is 10.9. The number of carbonyl (C=O) groups is 1. The molecule has 0 bridgehead atoms. The molecule has 1 saturated carbocycles. The summed E-state index contributed by atoms with van der Waals surface area (Å²) in [6.45, 7) is 4.19. The van der Waals surface area contributed by atoms with Crippen LogP contribution in [0.1, 0.15) is 39.0 Å². The predicted molar refractivity (Wildman–Crippen MR) is 113 cm³/mol. The molecule has 1 aliphatic heterocycles. The molecule has 0 radical (unpaired) electrons. The summed E-state index contributed by atoms with van der Waals surface area (Å²) in [5, 5.41) is -0.00522. The maximum absolute atomic E-state index is 13.3. The van der Waals surface area contributed by atoms with Crippen molar-refractivity contribution in [1.82, 2.24) is 14.9 Å². The third-order valence-electron chi connectivity index (χ3n) is 5.93. The lowest BCUT2D eigenvalue weighted by Gasteiger charge is -2.42. The molecule has 1 saturated heterocycles. The summed E-state index contributed by atoms with van der Waals surface area (Å²) in [5.74, 6) is 1.50. The zero-order chi connectivity index (χ0) is 21.1. The molecule has 160 valence electrons. The van der Waals surface area contributed by atoms with Crippen LogP contribution in [0, 0.1) is 11.7 Å². The summed E-state index contributed by atoms with van der Waals surface area (Å²) >= 11 is 5.82. The fraction of sp³-hybridized carbons (Fsp3) is 0.500. The summed E-state index contributed by atoms with van der Waals surface area (Å²) in [7, 11) is 0. The van der Waals surface area contributed by atoms with Crippen LogP contribution in [0.15, 0.2) is 30.6 Å². The van der Waals surface area contributed by atoms with Crippen molar-refractivity contribution in [1.29, 1.82) is 0 Å². The Morgan fingerprint density at radius 1 is 1.17 bits per heavy atom. The van der Waals surface area contributed by atoms with Crippen LogP contribution >= 0.6 is 11.6 Å². The van der Waals surface area contributed by atoms with Gasteiger partial charge in [-0.2, -0.15) is 0 Å². The van der Waals surface area contributed by atoms with E-state index in [2.05, 4.69) is 21.8 Å². The number of nitrogens with zero attached hydrogens (tertiary/aromatic N) is 4. The zero-order valence-corrected chi connectivity index (χ0v) is 17.8. The maximum atomic E-state index is 13.3. The Kier molecular flexibility index (Phi) is 6.37. The Morgan fingerprint density at radius 2 is 1.97 bits per heavy atom. The highest BCUT2D eigenvalue weighted by molar-refractivity contribution is 6.30. The van der Waals surface area contributed by atoms with Gasteiger partial charge in [-0.25, -0.2) is 14.4 Å². The molecule has 2 heterocycles. The molecule has 8 heteroatoms. The molecule has 1 aromatic heterocycles. The zero-order valence-electron chi connectivity index (χ0n) is 17.1. The smallest absolute Gasteiger partial charge is 0.226 e. The highest BCUT2D eigenvalue weighted by atomic mass is 35.5. The van der Waals surface area contributed by atoms with Crippen LogP contribution in [0.25, 0.3) is 0 Å². The summed E-state index contributed by atoms with van der Waals surface area (Å²) in [6, 6.07) is 6.03. The minimum absolute atomic E-state index is 0.00522. The third-order valence-corrected chi connectivity index (χ3v) is 6.22. The average Bonchev–Trinajstić information content (AvgIpc) is 2.76. The second-order valence-electron chi connectivity index (χ2n) is 8.05. The summed E-state index contributed by atoms with van der Waals surface area (Å²) in [6.07, 6.45) is 7.05. The van der Waals surface area contributed by atoms with Gasteiger partial charge in [0, 0.05) is 43.7 Å². The maximum Gasteiger partial charge on any atom is 0.226 e. The number of carbonyl (C=O) groups excluding carboxylic acids is 1. The predicted octanol–water partition coefficient (Wildman–Crippen LogP) is 4.68. The van der Waals surface area contributed by atoms with Crippen molar-refractivity contribution in [3.8, 4) is 11.6 Å². The number of benzene rings is 1. The van der Waals surface area contributed by atoms with Gasteiger partial charge in [-0.1, -0.05) is 30.9 Å². The van der Waals surface area contributed by atoms with E-state index in [0.717, 1.165) is 31.5 Å². The molecule has 2 fully saturated rings. The van der Waals surface area contributed by atoms with E-state index in [1.165, 1.54) is 30.9 Å². The lowest BCUT2D eigenvalue weighted by molar-refractivity contribution is -0.139. The van der Waals surface area contributed by atoms with Crippen LogP contribution in [0.2, 0.25) is 5.02 Å². The molecular formula is C22H26ClFN4O2. The molecule has 1 aliphatic carbocycles. The van der Waals surface area contributed by atoms with Gasteiger partial charge in [0.1, 0.15) is 23.7 Å². The van der Waals surface area contributed by atoms with E-state index in [4.69, 9.17) is 16.3 Å². The number of piperazine rings is 1. The van der Waals surface area contributed by atoms with Crippen molar-refractivity contribution >= 4 is 23.3 Å². The van der Waals surface area contributed by atoms with Crippen LogP contribution in [0.4, 0.5) is 10.2 Å². The van der Waals surface area contributed by atoms with Crippen molar-refractivity contribution < 1.29 is 13.9 Å². The molecule has 6 nitrogen and oxygen atoms in total. The second kappa shape index (κ2) is 9.16. The minimum atomic E-state index is -0.498. The average molecular weight is 433 g/mol. The molecule has 0 N–H and O–H groups in total. The molecular weight excluding hydrogens is 407 g/mol. The van der Waals surface area contributed by atoms with Gasteiger partial charge >= 0.3 is 0 Å².